The van der Waals surface area contributed by atoms with Crippen LogP contribution in [0.2, 0.25) is 0 Å². The lowest BCUT2D eigenvalue weighted by atomic mass is 10.1. The molecule has 0 bridgehead atoms. The summed E-state index contributed by atoms with van der Waals surface area (Å²) in [5.41, 5.74) is 0. The molecule has 0 rings (SSSR count). The number of nitrogens with zero attached hydrogens (tertiary/aromatic N) is 1. The number of halogens is 1. The number of hydrogen-bond donors (Lipinski definition) is 1. The van der Waals surface area contributed by atoms with E-state index in [1.807, 2.05) is 0 Å². The van der Waals surface area contributed by atoms with Gasteiger partial charge in [0.2, 0.25) is 0 Å². The van der Waals surface area contributed by atoms with Crippen molar-refractivity contribution in [2.45, 2.75) is 72.1 Å². The molecule has 0 amide bonds. The zero-order chi connectivity index (χ0) is 13.7. The fourth-order valence-electron chi connectivity index (χ4n) is 2.76. The van der Waals surface area contributed by atoms with E-state index in [0.717, 1.165) is 6.42 Å². The van der Waals surface area contributed by atoms with Crippen molar-refractivity contribution in [1.82, 2.24) is 0 Å². The molecule has 0 aromatic heterocycles. The molecule has 3 heteroatoms. The third-order valence-corrected chi connectivity index (χ3v) is 4.00. The molecule has 2 nitrogen and oxygen atoms in total. The van der Waals surface area contributed by atoms with E-state index in [4.69, 9.17) is 5.11 Å². The highest BCUT2D eigenvalue weighted by Gasteiger charge is 2.24. The van der Waals surface area contributed by atoms with Crippen molar-refractivity contribution in [3.05, 3.63) is 0 Å². The number of aliphatic hydroxyl groups excluding tert-OH is 1. The van der Waals surface area contributed by atoms with Crippen molar-refractivity contribution >= 4 is 0 Å². The molecule has 118 valence electrons. The summed E-state index contributed by atoms with van der Waals surface area (Å²) in [7, 11) is 0. The summed E-state index contributed by atoms with van der Waals surface area (Å²) in [5.74, 6) is 0. The standard InChI is InChI=1S/C16H36NO.ClH/c1-4-7-10-14-17(12-8-5-2,13-9-6-3)15-11-16-18;/h18H,4-16H2,1-3H3;1H/q+1;/p-1. The van der Waals surface area contributed by atoms with Gasteiger partial charge < -0.3 is 22.0 Å². The summed E-state index contributed by atoms with van der Waals surface area (Å²) in [4.78, 5) is 0. The van der Waals surface area contributed by atoms with Gasteiger partial charge in [0.15, 0.2) is 0 Å². The number of hydrogen-bond acceptors (Lipinski definition) is 1. The van der Waals surface area contributed by atoms with Crippen molar-refractivity contribution in [3.63, 3.8) is 0 Å². The van der Waals surface area contributed by atoms with Gasteiger partial charge in [-0.1, -0.05) is 40.0 Å². The van der Waals surface area contributed by atoms with Crippen LogP contribution in [0.1, 0.15) is 72.1 Å². The van der Waals surface area contributed by atoms with E-state index in [0.29, 0.717) is 6.61 Å². The van der Waals surface area contributed by atoms with Crippen molar-refractivity contribution in [2.75, 3.05) is 32.8 Å². The number of rotatable bonds is 13. The summed E-state index contributed by atoms with van der Waals surface area (Å²) in [5, 5.41) is 9.14. The maximum absolute atomic E-state index is 9.14. The molecule has 0 spiro atoms. The molecule has 0 aromatic rings. The molecule has 0 aliphatic heterocycles. The quantitative estimate of drug-likeness (QED) is 0.396. The topological polar surface area (TPSA) is 20.2 Å². The van der Waals surface area contributed by atoms with Crippen LogP contribution < -0.4 is 12.4 Å². The molecule has 0 atom stereocenters. The second kappa shape index (κ2) is 14.6. The van der Waals surface area contributed by atoms with Gasteiger partial charge in [0.25, 0.3) is 0 Å². The van der Waals surface area contributed by atoms with E-state index in [9.17, 15) is 0 Å². The minimum atomic E-state index is 0. The van der Waals surface area contributed by atoms with Crippen LogP contribution >= 0.6 is 0 Å². The molecular weight excluding hydrogens is 258 g/mol. The van der Waals surface area contributed by atoms with Gasteiger partial charge >= 0.3 is 0 Å². The summed E-state index contributed by atoms with van der Waals surface area (Å²) in [6, 6.07) is 0. The van der Waals surface area contributed by atoms with Crippen LogP contribution in [0.4, 0.5) is 0 Å². The minimum Gasteiger partial charge on any atom is -1.00 e. The Labute approximate surface area is 127 Å². The molecule has 0 aliphatic carbocycles. The first-order valence-electron chi connectivity index (χ1n) is 8.20. The van der Waals surface area contributed by atoms with Crippen LogP contribution in [-0.2, 0) is 0 Å². The molecule has 0 saturated heterocycles. The van der Waals surface area contributed by atoms with Crippen LogP contribution in [0.5, 0.6) is 0 Å². The van der Waals surface area contributed by atoms with Gasteiger partial charge in [-0.05, 0) is 25.7 Å². The first-order valence-corrected chi connectivity index (χ1v) is 8.20. The SMILES string of the molecule is CCCCC[N+](CCCC)(CCCC)CCCO.[Cl-]. The maximum atomic E-state index is 9.14. The molecule has 0 unspecified atom stereocenters. The molecular formula is C16H36ClNO. The van der Waals surface area contributed by atoms with Gasteiger partial charge in [-0.3, -0.25) is 0 Å². The average Bonchev–Trinajstić information content (AvgIpc) is 2.40. The molecule has 0 fully saturated rings. The smallest absolute Gasteiger partial charge is 0.0808 e. The number of unbranched alkanes of at least 4 members (excludes halogenated alkanes) is 4. The molecule has 0 heterocycles. The zero-order valence-electron chi connectivity index (χ0n) is 13.5. The Morgan fingerprint density at radius 1 is 0.632 bits per heavy atom. The summed E-state index contributed by atoms with van der Waals surface area (Å²) in [6.45, 7) is 12.3. The fourth-order valence-corrected chi connectivity index (χ4v) is 2.76. The van der Waals surface area contributed by atoms with Crippen molar-refractivity contribution in [2.24, 2.45) is 0 Å². The van der Waals surface area contributed by atoms with E-state index >= 15 is 0 Å². The molecule has 1 N–H and O–H groups in total. The van der Waals surface area contributed by atoms with Gasteiger partial charge in [-0.2, -0.15) is 0 Å². The van der Waals surface area contributed by atoms with Gasteiger partial charge in [0.1, 0.15) is 0 Å². The van der Waals surface area contributed by atoms with Crippen LogP contribution in [0.15, 0.2) is 0 Å². The highest BCUT2D eigenvalue weighted by molar-refractivity contribution is 4.50. The van der Waals surface area contributed by atoms with Gasteiger partial charge in [0, 0.05) is 13.0 Å². The lowest BCUT2D eigenvalue weighted by Gasteiger charge is -2.39. The van der Waals surface area contributed by atoms with Crippen molar-refractivity contribution < 1.29 is 22.0 Å². The van der Waals surface area contributed by atoms with Crippen LogP contribution in [0.25, 0.3) is 0 Å². The first-order chi connectivity index (χ1) is 8.74. The van der Waals surface area contributed by atoms with E-state index in [1.54, 1.807) is 0 Å². The maximum Gasteiger partial charge on any atom is 0.0808 e. The number of quaternary nitrogens is 1. The lowest BCUT2D eigenvalue weighted by Crippen LogP contribution is -3.00. The normalized spacial score (nSPS) is 11.4. The minimum absolute atomic E-state index is 0. The van der Waals surface area contributed by atoms with Crippen LogP contribution in [0.3, 0.4) is 0 Å². The third kappa shape index (κ3) is 10.6. The summed E-state index contributed by atoms with van der Waals surface area (Å²) in [6.07, 6.45) is 10.2. The van der Waals surface area contributed by atoms with Gasteiger partial charge in [-0.25, -0.2) is 0 Å². The second-order valence-electron chi connectivity index (χ2n) is 5.73. The van der Waals surface area contributed by atoms with Crippen molar-refractivity contribution in [1.29, 1.82) is 0 Å². The highest BCUT2D eigenvalue weighted by atomic mass is 35.5. The summed E-state index contributed by atoms with van der Waals surface area (Å²) < 4.78 is 1.27. The Kier molecular flexibility index (Phi) is 16.5. The Bertz CT molecular complexity index is 154. The first kappa shape index (κ1) is 21.5. The van der Waals surface area contributed by atoms with Gasteiger partial charge in [-0.15, -0.1) is 0 Å². The third-order valence-electron chi connectivity index (χ3n) is 4.00. The van der Waals surface area contributed by atoms with E-state index in [-0.39, 0.29) is 12.4 Å². The fraction of sp³-hybridized carbons (Fsp3) is 1.00. The Morgan fingerprint density at radius 3 is 1.47 bits per heavy atom. The predicted octanol–water partition coefficient (Wildman–Crippen LogP) is 0.980. The Morgan fingerprint density at radius 2 is 1.05 bits per heavy atom. The molecule has 0 aliphatic rings. The van der Waals surface area contributed by atoms with Gasteiger partial charge in [0.05, 0.1) is 26.2 Å². The van der Waals surface area contributed by atoms with E-state index in [2.05, 4.69) is 20.8 Å². The highest BCUT2D eigenvalue weighted by Crippen LogP contribution is 2.16. The molecule has 0 radical (unpaired) electrons. The molecule has 0 aromatic carbocycles. The summed E-state index contributed by atoms with van der Waals surface area (Å²) >= 11 is 0. The monoisotopic (exact) mass is 293 g/mol. The lowest BCUT2D eigenvalue weighted by molar-refractivity contribution is -0.929. The predicted molar refractivity (Wildman–Crippen MR) is 80.8 cm³/mol. The Hall–Kier alpha value is 0.210. The number of aliphatic hydroxyl groups is 1. The second-order valence-corrected chi connectivity index (χ2v) is 5.73. The molecule has 19 heavy (non-hydrogen) atoms. The zero-order valence-corrected chi connectivity index (χ0v) is 14.2. The van der Waals surface area contributed by atoms with Crippen LogP contribution in [-0.4, -0.2) is 42.4 Å². The van der Waals surface area contributed by atoms with Crippen LogP contribution in [0, 0.1) is 0 Å². The van der Waals surface area contributed by atoms with Crippen molar-refractivity contribution in [3.8, 4) is 0 Å². The molecule has 0 saturated carbocycles. The Balaban J connectivity index is 0. The average molecular weight is 294 g/mol. The van der Waals surface area contributed by atoms with E-state index in [1.165, 1.54) is 75.6 Å². The largest absolute Gasteiger partial charge is 1.00 e. The van der Waals surface area contributed by atoms with E-state index < -0.39 is 0 Å².